The number of hydrogen-bond acceptors (Lipinski definition) is 4. The van der Waals surface area contributed by atoms with E-state index in [1.54, 1.807) is 39.8 Å². The van der Waals surface area contributed by atoms with E-state index in [2.05, 4.69) is 11.2 Å². The van der Waals surface area contributed by atoms with E-state index in [0.29, 0.717) is 22.4 Å². The van der Waals surface area contributed by atoms with Gasteiger partial charge in [-0.3, -0.25) is 5.32 Å². The number of anilines is 1. The van der Waals surface area contributed by atoms with Crippen molar-refractivity contribution in [3.05, 3.63) is 28.8 Å². The van der Waals surface area contributed by atoms with Gasteiger partial charge in [-0.2, -0.15) is 0 Å². The topological polar surface area (TPSA) is 64.6 Å². The molecule has 5 heteroatoms. The van der Waals surface area contributed by atoms with E-state index in [1.807, 2.05) is 0 Å². The molecular weight excluding hydrogens is 270 g/mol. The van der Waals surface area contributed by atoms with Crippen LogP contribution in [0.3, 0.4) is 0 Å². The summed E-state index contributed by atoms with van der Waals surface area (Å²) >= 11 is 0. The van der Waals surface area contributed by atoms with Crippen LogP contribution in [0.2, 0.25) is 0 Å². The van der Waals surface area contributed by atoms with Gasteiger partial charge in [0.2, 0.25) is 0 Å². The maximum absolute atomic E-state index is 11.8. The van der Waals surface area contributed by atoms with Crippen LogP contribution >= 0.6 is 0 Å². The van der Waals surface area contributed by atoms with Crippen molar-refractivity contribution < 1.29 is 19.1 Å². The molecule has 1 amide bonds. The number of rotatable bonds is 2. The summed E-state index contributed by atoms with van der Waals surface area (Å²) in [6.07, 6.45) is 4.75. The van der Waals surface area contributed by atoms with Gasteiger partial charge >= 0.3 is 12.1 Å². The van der Waals surface area contributed by atoms with E-state index in [1.165, 1.54) is 7.11 Å². The molecule has 1 aromatic carbocycles. The number of esters is 1. The van der Waals surface area contributed by atoms with Crippen molar-refractivity contribution in [1.82, 2.24) is 0 Å². The van der Waals surface area contributed by atoms with Crippen LogP contribution in [0.25, 0.3) is 0 Å². The Morgan fingerprint density at radius 3 is 2.38 bits per heavy atom. The van der Waals surface area contributed by atoms with Crippen molar-refractivity contribution in [2.45, 2.75) is 33.3 Å². The number of nitrogens with one attached hydrogen (secondary N) is 1. The lowest BCUT2D eigenvalue weighted by Gasteiger charge is -2.20. The predicted octanol–water partition coefficient (Wildman–Crippen LogP) is 3.11. The molecule has 0 aliphatic carbocycles. The number of terminal acetylenes is 1. The van der Waals surface area contributed by atoms with Gasteiger partial charge in [0.25, 0.3) is 0 Å². The van der Waals surface area contributed by atoms with Gasteiger partial charge in [-0.05, 0) is 45.4 Å². The van der Waals surface area contributed by atoms with Gasteiger partial charge < -0.3 is 9.47 Å². The fraction of sp³-hybridized carbons (Fsp3) is 0.375. The molecule has 0 aromatic heterocycles. The molecule has 1 rings (SSSR count). The summed E-state index contributed by atoms with van der Waals surface area (Å²) in [4.78, 5) is 23.6. The molecule has 1 aromatic rings. The van der Waals surface area contributed by atoms with Gasteiger partial charge in [0.05, 0.1) is 12.7 Å². The Labute approximate surface area is 124 Å². The third-order valence-corrected chi connectivity index (χ3v) is 2.62. The Balaban J connectivity index is 3.15. The third kappa shape index (κ3) is 4.53. The molecule has 0 bridgehead atoms. The fourth-order valence-electron chi connectivity index (χ4n) is 1.66. The SMILES string of the molecule is C#Cc1cc(NC(=O)OC(C)(C)C)c(C)c(C(=O)OC)c1. The van der Waals surface area contributed by atoms with Crippen LogP contribution in [0.15, 0.2) is 12.1 Å². The van der Waals surface area contributed by atoms with Crippen molar-refractivity contribution in [2.24, 2.45) is 0 Å². The number of ether oxygens (including phenoxy) is 2. The number of carbonyl (C=O) groups excluding carboxylic acids is 2. The van der Waals surface area contributed by atoms with Crippen LogP contribution in [-0.4, -0.2) is 24.8 Å². The third-order valence-electron chi connectivity index (χ3n) is 2.62. The summed E-state index contributed by atoms with van der Waals surface area (Å²) in [7, 11) is 1.28. The molecule has 0 fully saturated rings. The smallest absolute Gasteiger partial charge is 0.412 e. The first-order valence-corrected chi connectivity index (χ1v) is 6.37. The standard InChI is InChI=1S/C16H19NO4/c1-7-11-8-12(14(18)20-6)10(2)13(9-11)17-15(19)21-16(3,4)5/h1,8-9H,2-6H3,(H,17,19). The molecule has 1 N–H and O–H groups in total. The minimum atomic E-state index is -0.618. The lowest BCUT2D eigenvalue weighted by Crippen LogP contribution is -2.27. The molecule has 0 atom stereocenters. The normalized spacial score (nSPS) is 10.5. The molecule has 5 nitrogen and oxygen atoms in total. The first-order valence-electron chi connectivity index (χ1n) is 6.37. The van der Waals surface area contributed by atoms with Crippen molar-refractivity contribution >= 4 is 17.7 Å². The van der Waals surface area contributed by atoms with Crippen molar-refractivity contribution in [3.8, 4) is 12.3 Å². The molecule has 21 heavy (non-hydrogen) atoms. The average Bonchev–Trinajstić information content (AvgIpc) is 2.38. The average molecular weight is 289 g/mol. The summed E-state index contributed by atoms with van der Waals surface area (Å²) in [5, 5.41) is 2.60. The zero-order valence-corrected chi connectivity index (χ0v) is 12.9. The number of benzene rings is 1. The predicted molar refractivity (Wildman–Crippen MR) is 80.3 cm³/mol. The Kier molecular flexibility index (Phi) is 4.98. The van der Waals surface area contributed by atoms with Crippen LogP contribution in [0.1, 0.15) is 42.3 Å². The Morgan fingerprint density at radius 1 is 1.29 bits per heavy atom. The van der Waals surface area contributed by atoms with Gasteiger partial charge in [-0.25, -0.2) is 9.59 Å². The number of methoxy groups -OCH3 is 1. The zero-order chi connectivity index (χ0) is 16.2. The Morgan fingerprint density at radius 2 is 1.90 bits per heavy atom. The van der Waals surface area contributed by atoms with Crippen molar-refractivity contribution in [3.63, 3.8) is 0 Å². The molecule has 112 valence electrons. The molecule has 0 spiro atoms. The van der Waals surface area contributed by atoms with Crippen LogP contribution in [0, 0.1) is 19.3 Å². The number of amides is 1. The highest BCUT2D eigenvalue weighted by Gasteiger charge is 2.19. The lowest BCUT2D eigenvalue weighted by atomic mass is 10.0. The first kappa shape index (κ1) is 16.6. The second-order valence-electron chi connectivity index (χ2n) is 5.46. The van der Waals surface area contributed by atoms with Gasteiger partial charge in [-0.1, -0.05) is 5.92 Å². The van der Waals surface area contributed by atoms with E-state index < -0.39 is 17.7 Å². The van der Waals surface area contributed by atoms with Crippen LogP contribution in [0.4, 0.5) is 10.5 Å². The first-order chi connectivity index (χ1) is 9.67. The maximum Gasteiger partial charge on any atom is 0.412 e. The van der Waals surface area contributed by atoms with E-state index in [0.717, 1.165) is 0 Å². The van der Waals surface area contributed by atoms with Crippen LogP contribution in [-0.2, 0) is 9.47 Å². The highest BCUT2D eigenvalue weighted by Crippen LogP contribution is 2.23. The molecule has 0 saturated carbocycles. The van der Waals surface area contributed by atoms with Gasteiger partial charge in [0.1, 0.15) is 5.60 Å². The fourth-order valence-corrected chi connectivity index (χ4v) is 1.66. The highest BCUT2D eigenvalue weighted by molar-refractivity contribution is 5.95. The largest absolute Gasteiger partial charge is 0.465 e. The molecule has 0 saturated heterocycles. The zero-order valence-electron chi connectivity index (χ0n) is 12.9. The Bertz CT molecular complexity index is 606. The molecule has 0 aliphatic rings. The van der Waals surface area contributed by atoms with E-state index in [9.17, 15) is 9.59 Å². The minimum absolute atomic E-state index is 0.305. The summed E-state index contributed by atoms with van der Waals surface area (Å²) in [6, 6.07) is 3.15. The van der Waals surface area contributed by atoms with Crippen LogP contribution in [0.5, 0.6) is 0 Å². The lowest BCUT2D eigenvalue weighted by molar-refractivity contribution is 0.0595. The molecule has 0 radical (unpaired) electrons. The van der Waals surface area contributed by atoms with Crippen molar-refractivity contribution in [2.75, 3.05) is 12.4 Å². The van der Waals surface area contributed by atoms with E-state index >= 15 is 0 Å². The molecule has 0 unspecified atom stereocenters. The highest BCUT2D eigenvalue weighted by atomic mass is 16.6. The van der Waals surface area contributed by atoms with Gasteiger partial charge in [0.15, 0.2) is 0 Å². The van der Waals surface area contributed by atoms with E-state index in [4.69, 9.17) is 15.9 Å². The molecule has 0 aliphatic heterocycles. The maximum atomic E-state index is 11.8. The summed E-state index contributed by atoms with van der Waals surface area (Å²) < 4.78 is 9.88. The summed E-state index contributed by atoms with van der Waals surface area (Å²) in [5.41, 5.74) is 1.13. The quantitative estimate of drug-likeness (QED) is 0.671. The van der Waals surface area contributed by atoms with E-state index in [-0.39, 0.29) is 0 Å². The number of hydrogen-bond donors (Lipinski definition) is 1. The monoisotopic (exact) mass is 289 g/mol. The summed E-state index contributed by atoms with van der Waals surface area (Å²) in [6.45, 7) is 6.98. The van der Waals surface area contributed by atoms with Gasteiger partial charge in [-0.15, -0.1) is 6.42 Å². The molecule has 0 heterocycles. The number of carbonyl (C=O) groups is 2. The Hall–Kier alpha value is -2.48. The summed E-state index contributed by atoms with van der Waals surface area (Å²) in [5.74, 6) is 1.92. The molecular formula is C16H19NO4. The van der Waals surface area contributed by atoms with Crippen LogP contribution < -0.4 is 5.32 Å². The van der Waals surface area contributed by atoms with Gasteiger partial charge in [0, 0.05) is 11.3 Å². The second-order valence-corrected chi connectivity index (χ2v) is 5.46. The second kappa shape index (κ2) is 6.31. The van der Waals surface area contributed by atoms with Crippen molar-refractivity contribution in [1.29, 1.82) is 0 Å². The minimum Gasteiger partial charge on any atom is -0.465 e.